The first-order chi connectivity index (χ1) is 7.99. The van der Waals surface area contributed by atoms with Gasteiger partial charge < -0.3 is 5.73 Å². The van der Waals surface area contributed by atoms with Crippen molar-refractivity contribution in [1.29, 1.82) is 0 Å². The van der Waals surface area contributed by atoms with Crippen LogP contribution >= 0.6 is 38.5 Å². The van der Waals surface area contributed by atoms with Gasteiger partial charge in [-0.15, -0.1) is 0 Å². The SMILES string of the molecule is Cc1cc(-c2ncc(I)c(N)n2)cc(C)c1Br. The number of aryl methyl sites for hydroxylation is 2. The lowest BCUT2D eigenvalue weighted by molar-refractivity contribution is 1.16. The van der Waals surface area contributed by atoms with E-state index in [1.165, 1.54) is 11.1 Å². The fraction of sp³-hybridized carbons (Fsp3) is 0.167. The Bertz CT molecular complexity index is 561. The van der Waals surface area contributed by atoms with Gasteiger partial charge in [-0.2, -0.15) is 0 Å². The molecule has 0 saturated carbocycles. The summed E-state index contributed by atoms with van der Waals surface area (Å²) >= 11 is 5.67. The first kappa shape index (κ1) is 12.8. The molecule has 88 valence electrons. The highest BCUT2D eigenvalue weighted by molar-refractivity contribution is 14.1. The van der Waals surface area contributed by atoms with Crippen LogP contribution in [0.4, 0.5) is 5.82 Å². The predicted molar refractivity (Wildman–Crippen MR) is 81.8 cm³/mol. The van der Waals surface area contributed by atoms with Gasteiger partial charge in [-0.1, -0.05) is 15.9 Å². The molecule has 0 aliphatic rings. The number of benzene rings is 1. The highest BCUT2D eigenvalue weighted by atomic mass is 127. The zero-order chi connectivity index (χ0) is 12.6. The summed E-state index contributed by atoms with van der Waals surface area (Å²) in [6, 6.07) is 4.11. The molecule has 2 rings (SSSR count). The van der Waals surface area contributed by atoms with E-state index in [0.29, 0.717) is 11.6 Å². The first-order valence-electron chi connectivity index (χ1n) is 5.04. The Balaban J connectivity index is 2.57. The summed E-state index contributed by atoms with van der Waals surface area (Å²) in [4.78, 5) is 8.61. The third-order valence-electron chi connectivity index (χ3n) is 2.47. The summed E-state index contributed by atoms with van der Waals surface area (Å²) in [6.07, 6.45) is 1.74. The summed E-state index contributed by atoms with van der Waals surface area (Å²) in [5, 5.41) is 0. The van der Waals surface area contributed by atoms with Crippen molar-refractivity contribution in [2.75, 3.05) is 5.73 Å². The predicted octanol–water partition coefficient (Wildman–Crippen LogP) is 3.71. The first-order valence-corrected chi connectivity index (χ1v) is 6.91. The standard InChI is InChI=1S/C12H11BrIN3/c1-6-3-8(4-7(2)10(6)13)12-16-5-9(14)11(15)17-12/h3-5H,1-2H3,(H2,15,16,17). The van der Waals surface area contributed by atoms with Gasteiger partial charge in [0.25, 0.3) is 0 Å². The van der Waals surface area contributed by atoms with Gasteiger partial charge in [-0.05, 0) is 59.7 Å². The molecule has 0 aliphatic carbocycles. The molecule has 1 heterocycles. The minimum absolute atomic E-state index is 0.522. The van der Waals surface area contributed by atoms with E-state index in [1.54, 1.807) is 6.20 Å². The fourth-order valence-electron chi connectivity index (χ4n) is 1.59. The number of rotatable bonds is 1. The molecular weight excluding hydrogens is 393 g/mol. The lowest BCUT2D eigenvalue weighted by atomic mass is 10.1. The number of hydrogen-bond donors (Lipinski definition) is 1. The van der Waals surface area contributed by atoms with Crippen LogP contribution < -0.4 is 5.73 Å². The molecule has 2 N–H and O–H groups in total. The van der Waals surface area contributed by atoms with Gasteiger partial charge in [0, 0.05) is 16.2 Å². The maximum Gasteiger partial charge on any atom is 0.161 e. The molecule has 0 bridgehead atoms. The van der Waals surface area contributed by atoms with Crippen molar-refractivity contribution < 1.29 is 0 Å². The monoisotopic (exact) mass is 403 g/mol. The summed E-state index contributed by atoms with van der Waals surface area (Å²) in [5.41, 5.74) is 9.12. The Morgan fingerprint density at radius 1 is 1.24 bits per heavy atom. The van der Waals surface area contributed by atoms with Crippen molar-refractivity contribution >= 4 is 44.3 Å². The number of anilines is 1. The molecule has 1 aromatic carbocycles. The minimum Gasteiger partial charge on any atom is -0.383 e. The molecule has 0 amide bonds. The highest BCUT2D eigenvalue weighted by Crippen LogP contribution is 2.27. The van der Waals surface area contributed by atoms with E-state index in [0.717, 1.165) is 13.6 Å². The van der Waals surface area contributed by atoms with E-state index >= 15 is 0 Å². The van der Waals surface area contributed by atoms with E-state index < -0.39 is 0 Å². The Hall–Kier alpha value is -0.690. The maximum atomic E-state index is 5.80. The third-order valence-corrected chi connectivity index (χ3v) is 4.55. The number of nitrogens with two attached hydrogens (primary N) is 1. The van der Waals surface area contributed by atoms with Gasteiger partial charge in [0.1, 0.15) is 5.82 Å². The second-order valence-electron chi connectivity index (χ2n) is 3.85. The minimum atomic E-state index is 0.522. The second kappa shape index (κ2) is 4.89. The van der Waals surface area contributed by atoms with Crippen LogP contribution in [0.25, 0.3) is 11.4 Å². The zero-order valence-corrected chi connectivity index (χ0v) is 13.2. The topological polar surface area (TPSA) is 51.8 Å². The molecule has 3 nitrogen and oxygen atoms in total. The normalized spacial score (nSPS) is 10.6. The van der Waals surface area contributed by atoms with Gasteiger partial charge in [0.15, 0.2) is 5.82 Å². The van der Waals surface area contributed by atoms with Crippen molar-refractivity contribution in [2.24, 2.45) is 0 Å². The zero-order valence-electron chi connectivity index (χ0n) is 9.46. The number of nitrogens with zero attached hydrogens (tertiary/aromatic N) is 2. The molecule has 0 radical (unpaired) electrons. The van der Waals surface area contributed by atoms with Crippen LogP contribution in [-0.2, 0) is 0 Å². The van der Waals surface area contributed by atoms with Gasteiger partial charge in [-0.3, -0.25) is 0 Å². The van der Waals surface area contributed by atoms with E-state index in [2.05, 4.69) is 74.5 Å². The average molecular weight is 404 g/mol. The molecule has 0 fully saturated rings. The lowest BCUT2D eigenvalue weighted by Gasteiger charge is -2.07. The summed E-state index contributed by atoms with van der Waals surface area (Å²) in [7, 11) is 0. The van der Waals surface area contributed by atoms with Gasteiger partial charge in [0.05, 0.1) is 3.57 Å². The average Bonchev–Trinajstić information content (AvgIpc) is 2.29. The van der Waals surface area contributed by atoms with E-state index in [4.69, 9.17) is 5.73 Å². The maximum absolute atomic E-state index is 5.80. The molecule has 0 spiro atoms. The molecule has 2 aromatic rings. The molecule has 1 aromatic heterocycles. The van der Waals surface area contributed by atoms with Crippen LogP contribution in [0.15, 0.2) is 22.8 Å². The number of aromatic nitrogens is 2. The molecule has 0 saturated heterocycles. The number of nitrogen functional groups attached to an aromatic ring is 1. The number of halogens is 2. The van der Waals surface area contributed by atoms with Crippen LogP contribution in [-0.4, -0.2) is 9.97 Å². The van der Waals surface area contributed by atoms with E-state index in [1.807, 2.05) is 0 Å². The van der Waals surface area contributed by atoms with Crippen LogP contribution in [0.2, 0.25) is 0 Å². The lowest BCUT2D eigenvalue weighted by Crippen LogP contribution is -1.99. The largest absolute Gasteiger partial charge is 0.383 e. The molecular formula is C12H11BrIN3. The quantitative estimate of drug-likeness (QED) is 0.738. The van der Waals surface area contributed by atoms with Crippen molar-refractivity contribution in [3.63, 3.8) is 0 Å². The Kier molecular flexibility index (Phi) is 3.67. The molecule has 0 unspecified atom stereocenters. The van der Waals surface area contributed by atoms with Crippen LogP contribution in [0, 0.1) is 17.4 Å². The van der Waals surface area contributed by atoms with Gasteiger partial charge in [0.2, 0.25) is 0 Å². The number of hydrogen-bond acceptors (Lipinski definition) is 3. The Morgan fingerprint density at radius 3 is 2.35 bits per heavy atom. The van der Waals surface area contributed by atoms with E-state index in [-0.39, 0.29) is 0 Å². The van der Waals surface area contributed by atoms with Crippen LogP contribution in [0.3, 0.4) is 0 Å². The van der Waals surface area contributed by atoms with Crippen LogP contribution in [0.5, 0.6) is 0 Å². The molecule has 0 aliphatic heterocycles. The summed E-state index contributed by atoms with van der Waals surface area (Å²) in [6.45, 7) is 4.10. The molecule has 0 atom stereocenters. The molecule has 5 heteroatoms. The second-order valence-corrected chi connectivity index (χ2v) is 5.81. The summed E-state index contributed by atoms with van der Waals surface area (Å²) < 4.78 is 2.00. The van der Waals surface area contributed by atoms with Crippen molar-refractivity contribution in [3.8, 4) is 11.4 Å². The summed E-state index contributed by atoms with van der Waals surface area (Å²) in [5.74, 6) is 1.19. The molecule has 17 heavy (non-hydrogen) atoms. The van der Waals surface area contributed by atoms with Gasteiger partial charge in [-0.25, -0.2) is 9.97 Å². The Labute approximate surface area is 122 Å². The van der Waals surface area contributed by atoms with Crippen LogP contribution in [0.1, 0.15) is 11.1 Å². The highest BCUT2D eigenvalue weighted by Gasteiger charge is 2.08. The fourth-order valence-corrected chi connectivity index (χ4v) is 2.08. The smallest absolute Gasteiger partial charge is 0.161 e. The van der Waals surface area contributed by atoms with Crippen molar-refractivity contribution in [1.82, 2.24) is 9.97 Å². The Morgan fingerprint density at radius 2 is 1.82 bits per heavy atom. The van der Waals surface area contributed by atoms with E-state index in [9.17, 15) is 0 Å². The van der Waals surface area contributed by atoms with Crippen molar-refractivity contribution in [2.45, 2.75) is 13.8 Å². The van der Waals surface area contributed by atoms with Gasteiger partial charge >= 0.3 is 0 Å². The van der Waals surface area contributed by atoms with Crippen molar-refractivity contribution in [3.05, 3.63) is 37.5 Å². The third kappa shape index (κ3) is 2.60.